The third kappa shape index (κ3) is 5.50. The SMILES string of the molecule is Cc1ccc2oc(-c3ccc(OCCC(C)C)cc3)cc(=Nc3cccc(C(=O)[O-])c3)c2c1. The predicted octanol–water partition coefficient (Wildman–Crippen LogP) is 5.43. The lowest BCUT2D eigenvalue weighted by atomic mass is 10.1. The van der Waals surface area contributed by atoms with Crippen LogP contribution < -0.4 is 15.2 Å². The van der Waals surface area contributed by atoms with Gasteiger partial charge in [-0.15, -0.1) is 0 Å². The fraction of sp³-hybridized carbons (Fsp3) is 0.214. The van der Waals surface area contributed by atoms with Crippen LogP contribution in [0.2, 0.25) is 0 Å². The average molecular weight is 441 g/mol. The summed E-state index contributed by atoms with van der Waals surface area (Å²) < 4.78 is 12.0. The van der Waals surface area contributed by atoms with E-state index in [2.05, 4.69) is 13.8 Å². The molecule has 3 aromatic carbocycles. The highest BCUT2D eigenvalue weighted by molar-refractivity contribution is 5.87. The lowest BCUT2D eigenvalue weighted by Crippen LogP contribution is -2.21. The minimum absolute atomic E-state index is 0.0885. The van der Waals surface area contributed by atoms with E-state index in [9.17, 15) is 9.90 Å². The molecule has 0 unspecified atom stereocenters. The van der Waals surface area contributed by atoms with Crippen LogP contribution in [-0.4, -0.2) is 12.6 Å². The minimum Gasteiger partial charge on any atom is -0.545 e. The third-order valence-corrected chi connectivity index (χ3v) is 5.33. The molecule has 33 heavy (non-hydrogen) atoms. The molecule has 4 aromatic rings. The quantitative estimate of drug-likeness (QED) is 0.384. The van der Waals surface area contributed by atoms with Gasteiger partial charge in [0.15, 0.2) is 0 Å². The van der Waals surface area contributed by atoms with Gasteiger partial charge in [-0.1, -0.05) is 37.6 Å². The van der Waals surface area contributed by atoms with Crippen molar-refractivity contribution in [2.24, 2.45) is 10.9 Å². The summed E-state index contributed by atoms with van der Waals surface area (Å²) in [6.07, 6.45) is 1.01. The van der Waals surface area contributed by atoms with Gasteiger partial charge in [-0.25, -0.2) is 4.99 Å². The summed E-state index contributed by atoms with van der Waals surface area (Å²) in [4.78, 5) is 16.0. The predicted molar refractivity (Wildman–Crippen MR) is 127 cm³/mol. The van der Waals surface area contributed by atoms with Gasteiger partial charge in [-0.3, -0.25) is 0 Å². The standard InChI is InChI=1S/C28H27NO4/c1-18(2)13-14-32-23-10-8-20(9-11-23)27-17-25(24-15-19(3)7-12-26(24)33-27)29-22-6-4-5-21(16-22)28(30)31/h4-12,15-18H,13-14H2,1-3H3,(H,30,31)/p-1. The first-order valence-corrected chi connectivity index (χ1v) is 11.0. The van der Waals surface area contributed by atoms with Gasteiger partial charge in [0.2, 0.25) is 0 Å². The first kappa shape index (κ1) is 22.3. The van der Waals surface area contributed by atoms with Crippen LogP contribution in [-0.2, 0) is 0 Å². The van der Waals surface area contributed by atoms with Gasteiger partial charge in [0.1, 0.15) is 17.1 Å². The Balaban J connectivity index is 1.76. The lowest BCUT2D eigenvalue weighted by molar-refractivity contribution is -0.255. The van der Waals surface area contributed by atoms with Crippen molar-refractivity contribution >= 4 is 22.6 Å². The van der Waals surface area contributed by atoms with Crippen LogP contribution in [0.5, 0.6) is 5.75 Å². The van der Waals surface area contributed by atoms with Crippen LogP contribution >= 0.6 is 0 Å². The van der Waals surface area contributed by atoms with E-state index in [1.54, 1.807) is 12.1 Å². The summed E-state index contributed by atoms with van der Waals surface area (Å²) >= 11 is 0. The van der Waals surface area contributed by atoms with Gasteiger partial charge in [0, 0.05) is 17.0 Å². The Kier molecular flexibility index (Phi) is 6.59. The zero-order chi connectivity index (χ0) is 23.4. The van der Waals surface area contributed by atoms with E-state index < -0.39 is 5.97 Å². The van der Waals surface area contributed by atoms with Crippen LogP contribution in [0, 0.1) is 12.8 Å². The van der Waals surface area contributed by atoms with E-state index in [-0.39, 0.29) is 5.56 Å². The molecule has 0 fully saturated rings. The number of fused-ring (bicyclic) bond motifs is 1. The van der Waals surface area contributed by atoms with E-state index >= 15 is 0 Å². The summed E-state index contributed by atoms with van der Waals surface area (Å²) in [5.41, 5.74) is 3.29. The van der Waals surface area contributed by atoms with Gasteiger partial charge in [0.25, 0.3) is 0 Å². The normalized spacial score (nSPS) is 11.8. The van der Waals surface area contributed by atoms with Crippen LogP contribution in [0.1, 0.15) is 36.2 Å². The van der Waals surface area contributed by atoms with Crippen molar-refractivity contribution in [3.05, 3.63) is 89.3 Å². The molecule has 0 N–H and O–H groups in total. The number of aryl methyl sites for hydroxylation is 1. The molecular formula is C28H26NO4-. The molecule has 0 atom stereocenters. The van der Waals surface area contributed by atoms with Crippen LogP contribution in [0.25, 0.3) is 22.3 Å². The van der Waals surface area contributed by atoms with Crippen LogP contribution in [0.3, 0.4) is 0 Å². The molecule has 0 aliphatic carbocycles. The van der Waals surface area contributed by atoms with Crippen molar-refractivity contribution in [2.45, 2.75) is 27.2 Å². The number of carbonyl (C=O) groups is 1. The van der Waals surface area contributed by atoms with Gasteiger partial charge < -0.3 is 19.1 Å². The zero-order valence-corrected chi connectivity index (χ0v) is 19.0. The highest BCUT2D eigenvalue weighted by atomic mass is 16.5. The second-order valence-electron chi connectivity index (χ2n) is 8.50. The maximum atomic E-state index is 11.3. The van der Waals surface area contributed by atoms with Crippen molar-refractivity contribution in [1.82, 2.24) is 0 Å². The number of carboxylic acid groups (broad SMARTS) is 1. The first-order chi connectivity index (χ1) is 15.9. The Morgan fingerprint density at radius 3 is 2.55 bits per heavy atom. The maximum absolute atomic E-state index is 11.3. The van der Waals surface area contributed by atoms with E-state index in [1.165, 1.54) is 12.1 Å². The summed E-state index contributed by atoms with van der Waals surface area (Å²) in [6.45, 7) is 7.04. The molecule has 5 nitrogen and oxygen atoms in total. The highest BCUT2D eigenvalue weighted by Gasteiger charge is 2.08. The Hall–Kier alpha value is -3.86. The molecule has 5 heteroatoms. The highest BCUT2D eigenvalue weighted by Crippen LogP contribution is 2.26. The summed E-state index contributed by atoms with van der Waals surface area (Å²) in [7, 11) is 0. The summed E-state index contributed by atoms with van der Waals surface area (Å²) in [5, 5.41) is 12.8. The molecule has 0 aliphatic heterocycles. The summed E-state index contributed by atoms with van der Waals surface area (Å²) in [6, 6.07) is 22.0. The molecule has 1 aromatic heterocycles. The van der Waals surface area contributed by atoms with Gasteiger partial charge >= 0.3 is 0 Å². The molecule has 0 bridgehead atoms. The number of hydrogen-bond donors (Lipinski definition) is 0. The monoisotopic (exact) mass is 440 g/mol. The number of nitrogens with zero attached hydrogens (tertiary/aromatic N) is 1. The second kappa shape index (κ2) is 9.74. The van der Waals surface area contributed by atoms with Crippen molar-refractivity contribution in [1.29, 1.82) is 0 Å². The van der Waals surface area contributed by atoms with Crippen molar-refractivity contribution in [3.8, 4) is 17.1 Å². The molecule has 0 saturated carbocycles. The number of carboxylic acids is 1. The molecule has 0 amide bonds. The van der Waals surface area contributed by atoms with Crippen molar-refractivity contribution in [2.75, 3.05) is 6.61 Å². The van der Waals surface area contributed by atoms with Crippen molar-refractivity contribution < 1.29 is 19.1 Å². The van der Waals surface area contributed by atoms with Crippen LogP contribution in [0.4, 0.5) is 5.69 Å². The second-order valence-corrected chi connectivity index (χ2v) is 8.50. The number of benzene rings is 3. The number of aromatic carboxylic acids is 1. The molecule has 1 heterocycles. The van der Waals surface area contributed by atoms with Gasteiger partial charge in [0.05, 0.1) is 23.6 Å². The molecule has 0 radical (unpaired) electrons. The minimum atomic E-state index is -1.23. The fourth-order valence-corrected chi connectivity index (χ4v) is 3.49. The van der Waals surface area contributed by atoms with E-state index in [0.29, 0.717) is 34.9 Å². The maximum Gasteiger partial charge on any atom is 0.136 e. The van der Waals surface area contributed by atoms with Gasteiger partial charge in [-0.2, -0.15) is 0 Å². The Morgan fingerprint density at radius 1 is 1.03 bits per heavy atom. The topological polar surface area (TPSA) is 74.9 Å². The zero-order valence-electron chi connectivity index (χ0n) is 19.0. The lowest BCUT2D eigenvalue weighted by Gasteiger charge is -2.09. The van der Waals surface area contributed by atoms with E-state index in [0.717, 1.165) is 28.7 Å². The summed E-state index contributed by atoms with van der Waals surface area (Å²) in [5.74, 6) is 0.848. The molecule has 168 valence electrons. The molecule has 0 saturated heterocycles. The molecule has 0 spiro atoms. The first-order valence-electron chi connectivity index (χ1n) is 11.0. The fourth-order valence-electron chi connectivity index (χ4n) is 3.49. The number of hydrogen-bond acceptors (Lipinski definition) is 5. The van der Waals surface area contributed by atoms with Gasteiger partial charge in [-0.05, 0) is 73.4 Å². The van der Waals surface area contributed by atoms with E-state index in [4.69, 9.17) is 14.1 Å². The number of carbonyl (C=O) groups excluding carboxylic acids is 1. The Labute approximate surface area is 193 Å². The number of ether oxygens (including phenoxy) is 1. The van der Waals surface area contributed by atoms with E-state index in [1.807, 2.05) is 55.5 Å². The Morgan fingerprint density at radius 2 is 1.82 bits per heavy atom. The molecule has 0 aliphatic rings. The molecular weight excluding hydrogens is 414 g/mol. The third-order valence-electron chi connectivity index (χ3n) is 5.33. The smallest absolute Gasteiger partial charge is 0.136 e. The largest absolute Gasteiger partial charge is 0.545 e. The average Bonchev–Trinajstić information content (AvgIpc) is 2.79. The molecule has 4 rings (SSSR count). The Bertz CT molecular complexity index is 1350. The van der Waals surface area contributed by atoms with Crippen LogP contribution in [0.15, 0.2) is 82.2 Å². The van der Waals surface area contributed by atoms with Crippen molar-refractivity contribution in [3.63, 3.8) is 0 Å². The number of rotatable bonds is 7.